The number of nitrogens with zero attached hydrogens (tertiary/aromatic N) is 2. The van der Waals surface area contributed by atoms with Crippen LogP contribution in [-0.4, -0.2) is 9.97 Å². The number of fused-ring (bicyclic) bond motifs is 1. The Bertz CT molecular complexity index is 480. The van der Waals surface area contributed by atoms with E-state index < -0.39 is 0 Å². The fraction of sp³-hybridized carbons (Fsp3) is 0. The Morgan fingerprint density at radius 1 is 1.43 bits per heavy atom. The van der Waals surface area contributed by atoms with Gasteiger partial charge in [-0.05, 0) is 17.1 Å². The third kappa shape index (κ3) is 2.30. The molecule has 0 amide bonds. The molecular weight excluding hydrogens is 360 g/mol. The van der Waals surface area contributed by atoms with Gasteiger partial charge in [0.25, 0.3) is 0 Å². The Morgan fingerprint density at radius 3 is 2.86 bits per heavy atom. The normalized spacial score (nSPS) is 9.93. The Morgan fingerprint density at radius 2 is 2.14 bits per heavy atom. The van der Waals surface area contributed by atoms with Crippen molar-refractivity contribution in [3.8, 4) is 0 Å². The Labute approximate surface area is 125 Å². The van der Waals surface area contributed by atoms with Crippen LogP contribution in [0, 0.1) is 6.20 Å². The molecule has 69 valence electrons. The van der Waals surface area contributed by atoms with Gasteiger partial charge in [-0.25, -0.2) is 12.6 Å². The van der Waals surface area contributed by atoms with Gasteiger partial charge in [0, 0.05) is 43.9 Å². The Balaban J connectivity index is 0.000000980. The van der Waals surface area contributed by atoms with E-state index in [1.807, 2.05) is 0 Å². The maximum Gasteiger partial charge on any atom is 0.0255 e. The molecule has 2 rings (SSSR count). The average Bonchev–Trinajstić information content (AvgIpc) is 2.12. The first-order valence-corrected chi connectivity index (χ1v) is 5.02. The molecular formula is C8H3BrClN2SY-. The number of rotatable bonds is 0. The summed E-state index contributed by atoms with van der Waals surface area (Å²) in [5.41, 5.74) is 1.30. The van der Waals surface area contributed by atoms with Crippen LogP contribution in [-0.2, 0) is 32.7 Å². The maximum absolute atomic E-state index is 5.91. The van der Waals surface area contributed by atoms with Crippen molar-refractivity contribution in [2.45, 2.75) is 4.90 Å². The predicted octanol–water partition coefficient (Wildman–Crippen LogP) is 3.13. The van der Waals surface area contributed by atoms with Crippen LogP contribution in [0.25, 0.3) is 11.0 Å². The van der Waals surface area contributed by atoms with Crippen molar-refractivity contribution in [2.24, 2.45) is 0 Å². The molecule has 2 aromatic rings. The van der Waals surface area contributed by atoms with Gasteiger partial charge in [-0.2, -0.15) is 0 Å². The van der Waals surface area contributed by atoms with Gasteiger partial charge in [-0.3, -0.25) is 4.98 Å². The minimum Gasteiger partial charge on any atom is -0.382 e. The van der Waals surface area contributed by atoms with Gasteiger partial charge in [-0.15, -0.1) is 0 Å². The van der Waals surface area contributed by atoms with Crippen molar-refractivity contribution < 1.29 is 32.7 Å². The van der Waals surface area contributed by atoms with Crippen LogP contribution in [0.2, 0.25) is 5.02 Å². The number of thiol groups is 1. The second-order valence-electron chi connectivity index (χ2n) is 2.38. The summed E-state index contributed by atoms with van der Waals surface area (Å²) in [7, 11) is 0. The molecule has 0 atom stereocenters. The van der Waals surface area contributed by atoms with Gasteiger partial charge in [0.2, 0.25) is 0 Å². The summed E-state index contributed by atoms with van der Waals surface area (Å²) in [6.45, 7) is 0. The molecule has 0 unspecified atom stereocenters. The van der Waals surface area contributed by atoms with Crippen LogP contribution < -0.4 is 0 Å². The van der Waals surface area contributed by atoms with Crippen LogP contribution in [0.3, 0.4) is 0 Å². The maximum atomic E-state index is 5.91. The third-order valence-electron chi connectivity index (χ3n) is 1.57. The zero-order valence-electron chi connectivity index (χ0n) is 6.83. The summed E-state index contributed by atoms with van der Waals surface area (Å²) in [5, 5.41) is 0.559. The fourth-order valence-electron chi connectivity index (χ4n) is 0.972. The molecule has 2 nitrogen and oxygen atoms in total. The first kappa shape index (κ1) is 12.9. The van der Waals surface area contributed by atoms with Gasteiger partial charge in [0.05, 0.1) is 0 Å². The number of pyridine rings is 2. The van der Waals surface area contributed by atoms with E-state index in [1.165, 1.54) is 0 Å². The standard InChI is InChI=1S/C8H3BrClN2S.Y/c9-4-3-12-6-5(10)1-2-11-7(6)8(4)13;/h1-2H,(H,12,13);/q-1;. The smallest absolute Gasteiger partial charge is 0.0255 e. The van der Waals surface area contributed by atoms with E-state index >= 15 is 0 Å². The molecule has 1 radical (unpaired) electrons. The van der Waals surface area contributed by atoms with E-state index in [0.29, 0.717) is 25.4 Å². The van der Waals surface area contributed by atoms with E-state index in [1.54, 1.807) is 12.3 Å². The first-order valence-electron chi connectivity index (χ1n) is 3.40. The van der Waals surface area contributed by atoms with E-state index in [0.717, 1.165) is 0 Å². The number of halogens is 2. The molecule has 2 aromatic heterocycles. The summed E-state index contributed by atoms with van der Waals surface area (Å²) in [6, 6.07) is 1.69. The number of aromatic nitrogens is 2. The third-order valence-corrected chi connectivity index (χ3v) is 3.19. The molecule has 0 aliphatic carbocycles. The second-order valence-corrected chi connectivity index (χ2v) is 4.02. The molecule has 0 aromatic carbocycles. The van der Waals surface area contributed by atoms with Crippen molar-refractivity contribution in [1.29, 1.82) is 0 Å². The Hall–Kier alpha value is 0.784. The molecule has 0 fully saturated rings. The fourth-order valence-corrected chi connectivity index (χ4v) is 1.65. The summed E-state index contributed by atoms with van der Waals surface area (Å²) >= 11 is 13.4. The van der Waals surface area contributed by atoms with Crippen LogP contribution in [0.5, 0.6) is 0 Å². The van der Waals surface area contributed by atoms with E-state index in [-0.39, 0.29) is 32.7 Å². The molecule has 0 aliphatic heterocycles. The molecule has 0 spiro atoms. The monoisotopic (exact) mass is 362 g/mol. The molecule has 2 heterocycles. The van der Waals surface area contributed by atoms with Gasteiger partial charge in [0.1, 0.15) is 0 Å². The summed E-state index contributed by atoms with van der Waals surface area (Å²) in [6.07, 6.45) is 4.37. The van der Waals surface area contributed by atoms with Crippen molar-refractivity contribution in [3.05, 3.63) is 28.0 Å². The summed E-state index contributed by atoms with van der Waals surface area (Å²) < 4.78 is 0.693. The van der Waals surface area contributed by atoms with Crippen LogP contribution in [0.1, 0.15) is 0 Å². The van der Waals surface area contributed by atoms with Crippen molar-refractivity contribution in [2.75, 3.05) is 0 Å². The van der Waals surface area contributed by atoms with Gasteiger partial charge in [-0.1, -0.05) is 43.1 Å². The number of hydrogen-bond donors (Lipinski definition) is 1. The van der Waals surface area contributed by atoms with Gasteiger partial charge in [0.15, 0.2) is 0 Å². The number of hydrogen-bond acceptors (Lipinski definition) is 3. The topological polar surface area (TPSA) is 25.8 Å². The molecule has 14 heavy (non-hydrogen) atoms. The van der Waals surface area contributed by atoms with Crippen LogP contribution in [0.4, 0.5) is 0 Å². The minimum atomic E-state index is 0. The molecule has 0 saturated carbocycles. The van der Waals surface area contributed by atoms with Crippen molar-refractivity contribution in [1.82, 2.24) is 9.97 Å². The summed E-state index contributed by atoms with van der Waals surface area (Å²) in [5.74, 6) is 0. The zero-order valence-corrected chi connectivity index (χ0v) is 12.9. The van der Waals surface area contributed by atoms with E-state index in [2.05, 4.69) is 44.7 Å². The quantitative estimate of drug-likeness (QED) is 0.575. The summed E-state index contributed by atoms with van der Waals surface area (Å²) in [4.78, 5) is 8.86. The molecule has 0 saturated heterocycles. The molecule has 0 aliphatic rings. The predicted molar refractivity (Wildman–Crippen MR) is 58.3 cm³/mol. The van der Waals surface area contributed by atoms with Gasteiger partial charge < -0.3 is 4.98 Å². The SMILES string of the molecule is Sc1c(Br)[c-]nc2c(Cl)ccnc12.[Y]. The molecule has 0 N–H and O–H groups in total. The van der Waals surface area contributed by atoms with Crippen LogP contribution >= 0.6 is 40.2 Å². The van der Waals surface area contributed by atoms with Crippen LogP contribution in [0.15, 0.2) is 21.6 Å². The van der Waals surface area contributed by atoms with Crippen molar-refractivity contribution >= 4 is 51.2 Å². The second kappa shape index (κ2) is 5.21. The van der Waals surface area contributed by atoms with Gasteiger partial charge >= 0.3 is 0 Å². The molecule has 0 bridgehead atoms. The molecule has 6 heteroatoms. The van der Waals surface area contributed by atoms with E-state index in [4.69, 9.17) is 11.6 Å². The largest absolute Gasteiger partial charge is 0.382 e. The average molecular weight is 363 g/mol. The minimum absolute atomic E-state index is 0. The van der Waals surface area contributed by atoms with E-state index in [9.17, 15) is 0 Å². The van der Waals surface area contributed by atoms with Crippen molar-refractivity contribution in [3.63, 3.8) is 0 Å². The Kier molecular flexibility index (Phi) is 4.79. The zero-order chi connectivity index (χ0) is 9.42. The first-order chi connectivity index (χ1) is 6.20.